The maximum Gasteiger partial charge on any atom is 0.160 e. The summed E-state index contributed by atoms with van der Waals surface area (Å²) < 4.78 is 1.77. The molecule has 0 amide bonds. The van der Waals surface area contributed by atoms with Gasteiger partial charge >= 0.3 is 0 Å². The number of fused-ring (bicyclic) bond motifs is 1. The predicted molar refractivity (Wildman–Crippen MR) is 54.6 cm³/mol. The molecule has 0 radical (unpaired) electrons. The van der Waals surface area contributed by atoms with Gasteiger partial charge in [-0.05, 0) is 19.1 Å². The summed E-state index contributed by atoms with van der Waals surface area (Å²) >= 11 is 0. The van der Waals surface area contributed by atoms with Crippen LogP contribution in [0.5, 0.6) is 0 Å². The van der Waals surface area contributed by atoms with Crippen molar-refractivity contribution in [3.05, 3.63) is 41.7 Å². The summed E-state index contributed by atoms with van der Waals surface area (Å²) in [5.41, 5.74) is 1.85. The zero-order chi connectivity index (χ0) is 10.3. The van der Waals surface area contributed by atoms with E-state index in [2.05, 4.69) is 20.3 Å². The average Bonchev–Trinajstić information content (AvgIpc) is 2.83. The first-order chi connectivity index (χ1) is 7.34. The van der Waals surface area contributed by atoms with E-state index < -0.39 is 0 Å². The maximum atomic E-state index is 4.43. The normalized spacial score (nSPS) is 13.8. The zero-order valence-electron chi connectivity index (χ0n) is 8.25. The SMILES string of the molecule is Cc1nnc2n1N=C(c1ccccn1)C2. The van der Waals surface area contributed by atoms with Crippen LogP contribution in [0.1, 0.15) is 17.3 Å². The van der Waals surface area contributed by atoms with E-state index in [0.29, 0.717) is 6.42 Å². The molecule has 0 spiro atoms. The highest BCUT2D eigenvalue weighted by atomic mass is 15.5. The average molecular weight is 199 g/mol. The zero-order valence-corrected chi connectivity index (χ0v) is 8.25. The minimum Gasteiger partial charge on any atom is -0.255 e. The second-order valence-electron chi connectivity index (χ2n) is 3.41. The van der Waals surface area contributed by atoms with Crippen molar-refractivity contribution in [2.45, 2.75) is 13.3 Å². The van der Waals surface area contributed by atoms with E-state index >= 15 is 0 Å². The summed E-state index contributed by atoms with van der Waals surface area (Å²) in [6.45, 7) is 1.89. The molecule has 0 N–H and O–H groups in total. The molecule has 3 rings (SSSR count). The maximum absolute atomic E-state index is 4.43. The van der Waals surface area contributed by atoms with Crippen LogP contribution in [0.2, 0.25) is 0 Å². The highest BCUT2D eigenvalue weighted by Crippen LogP contribution is 2.13. The van der Waals surface area contributed by atoms with E-state index in [4.69, 9.17) is 0 Å². The minimum absolute atomic E-state index is 0.706. The van der Waals surface area contributed by atoms with Crippen LogP contribution in [0.25, 0.3) is 0 Å². The molecule has 5 nitrogen and oxygen atoms in total. The van der Waals surface area contributed by atoms with Gasteiger partial charge in [0.05, 0.1) is 17.8 Å². The summed E-state index contributed by atoms with van der Waals surface area (Å²) in [6, 6.07) is 5.80. The van der Waals surface area contributed by atoms with Gasteiger partial charge in [-0.1, -0.05) is 6.07 Å². The Morgan fingerprint density at radius 3 is 2.93 bits per heavy atom. The highest BCUT2D eigenvalue weighted by Gasteiger charge is 2.20. The summed E-state index contributed by atoms with van der Waals surface area (Å²) in [5.74, 6) is 1.70. The molecule has 1 aliphatic heterocycles. The molecule has 5 heteroatoms. The van der Waals surface area contributed by atoms with Crippen LogP contribution < -0.4 is 0 Å². The largest absolute Gasteiger partial charge is 0.255 e. The number of hydrogen-bond acceptors (Lipinski definition) is 4. The lowest BCUT2D eigenvalue weighted by Crippen LogP contribution is -2.03. The van der Waals surface area contributed by atoms with Crippen LogP contribution in [0.4, 0.5) is 0 Å². The lowest BCUT2D eigenvalue weighted by atomic mass is 10.2. The summed E-state index contributed by atoms with van der Waals surface area (Å²) in [4.78, 5) is 4.26. The van der Waals surface area contributed by atoms with Crippen molar-refractivity contribution in [2.24, 2.45) is 5.10 Å². The number of pyridine rings is 1. The Balaban J connectivity index is 2.04. The molecule has 0 unspecified atom stereocenters. The highest BCUT2D eigenvalue weighted by molar-refractivity contribution is 6.00. The lowest BCUT2D eigenvalue weighted by molar-refractivity contribution is 0.821. The minimum atomic E-state index is 0.706. The fourth-order valence-corrected chi connectivity index (χ4v) is 1.62. The second kappa shape index (κ2) is 2.98. The third-order valence-corrected chi connectivity index (χ3v) is 2.37. The molecule has 0 aliphatic carbocycles. The first-order valence-electron chi connectivity index (χ1n) is 4.75. The van der Waals surface area contributed by atoms with Gasteiger partial charge in [0.1, 0.15) is 0 Å². The molecule has 2 aromatic rings. The van der Waals surface area contributed by atoms with E-state index in [9.17, 15) is 0 Å². The van der Waals surface area contributed by atoms with Crippen molar-refractivity contribution in [3.63, 3.8) is 0 Å². The Hall–Kier alpha value is -2.04. The Bertz CT molecular complexity index is 526. The Labute approximate surface area is 86.5 Å². The third-order valence-electron chi connectivity index (χ3n) is 2.37. The lowest BCUT2D eigenvalue weighted by Gasteiger charge is -1.96. The molecule has 3 heterocycles. The van der Waals surface area contributed by atoms with Gasteiger partial charge < -0.3 is 0 Å². The smallest absolute Gasteiger partial charge is 0.160 e. The van der Waals surface area contributed by atoms with E-state index in [-0.39, 0.29) is 0 Å². The van der Waals surface area contributed by atoms with Crippen molar-refractivity contribution in [1.29, 1.82) is 0 Å². The van der Waals surface area contributed by atoms with Crippen molar-refractivity contribution in [2.75, 3.05) is 0 Å². The van der Waals surface area contributed by atoms with Crippen LogP contribution in [0, 0.1) is 6.92 Å². The summed E-state index contributed by atoms with van der Waals surface area (Å²) in [7, 11) is 0. The molecule has 0 bridgehead atoms. The summed E-state index contributed by atoms with van der Waals surface area (Å²) in [6.07, 6.45) is 2.47. The summed E-state index contributed by atoms with van der Waals surface area (Å²) in [5, 5.41) is 12.4. The first kappa shape index (κ1) is 8.28. The Morgan fingerprint density at radius 2 is 2.20 bits per heavy atom. The molecule has 0 atom stereocenters. The van der Waals surface area contributed by atoms with E-state index in [0.717, 1.165) is 23.1 Å². The third kappa shape index (κ3) is 1.24. The van der Waals surface area contributed by atoms with E-state index in [1.165, 1.54) is 0 Å². The van der Waals surface area contributed by atoms with Gasteiger partial charge in [0.2, 0.25) is 0 Å². The van der Waals surface area contributed by atoms with Gasteiger partial charge in [-0.15, -0.1) is 10.2 Å². The quantitative estimate of drug-likeness (QED) is 0.682. The molecule has 0 fully saturated rings. The molecule has 74 valence electrons. The van der Waals surface area contributed by atoms with Crippen LogP contribution in [0.15, 0.2) is 29.5 Å². The number of aromatic nitrogens is 4. The molecular formula is C10H9N5. The standard InChI is InChI=1S/C10H9N5/c1-7-12-13-10-6-9(14-15(7)10)8-4-2-3-5-11-8/h2-5H,6H2,1H3. The van der Waals surface area contributed by atoms with Gasteiger partial charge in [0.15, 0.2) is 11.6 Å². The Morgan fingerprint density at radius 1 is 1.27 bits per heavy atom. The van der Waals surface area contributed by atoms with Gasteiger partial charge in [-0.3, -0.25) is 4.98 Å². The van der Waals surface area contributed by atoms with Gasteiger partial charge in [0.25, 0.3) is 0 Å². The van der Waals surface area contributed by atoms with E-state index in [1.807, 2.05) is 25.1 Å². The molecule has 1 aliphatic rings. The van der Waals surface area contributed by atoms with Crippen LogP contribution in [-0.4, -0.2) is 25.6 Å². The van der Waals surface area contributed by atoms with Gasteiger partial charge in [-0.2, -0.15) is 5.10 Å². The number of hydrogen-bond donors (Lipinski definition) is 0. The van der Waals surface area contributed by atoms with Gasteiger partial charge in [-0.25, -0.2) is 4.68 Å². The van der Waals surface area contributed by atoms with Gasteiger partial charge in [0, 0.05) is 6.20 Å². The number of nitrogens with zero attached hydrogens (tertiary/aromatic N) is 5. The monoisotopic (exact) mass is 199 g/mol. The number of aryl methyl sites for hydroxylation is 1. The molecule has 0 saturated carbocycles. The second-order valence-corrected chi connectivity index (χ2v) is 3.41. The number of rotatable bonds is 1. The van der Waals surface area contributed by atoms with Crippen molar-refractivity contribution < 1.29 is 0 Å². The topological polar surface area (TPSA) is 56.0 Å². The van der Waals surface area contributed by atoms with Crippen molar-refractivity contribution in [1.82, 2.24) is 19.9 Å². The van der Waals surface area contributed by atoms with Crippen molar-refractivity contribution in [3.8, 4) is 0 Å². The van der Waals surface area contributed by atoms with Crippen molar-refractivity contribution >= 4 is 5.71 Å². The van der Waals surface area contributed by atoms with Crippen LogP contribution in [0.3, 0.4) is 0 Å². The Kier molecular flexibility index (Phi) is 1.65. The predicted octanol–water partition coefficient (Wildman–Crippen LogP) is 0.790. The van der Waals surface area contributed by atoms with E-state index in [1.54, 1.807) is 10.9 Å². The first-order valence-corrected chi connectivity index (χ1v) is 4.75. The molecule has 0 saturated heterocycles. The van der Waals surface area contributed by atoms with Crippen LogP contribution >= 0.6 is 0 Å². The molecule has 15 heavy (non-hydrogen) atoms. The molecular weight excluding hydrogens is 190 g/mol. The fourth-order valence-electron chi connectivity index (χ4n) is 1.62. The molecule has 2 aromatic heterocycles. The van der Waals surface area contributed by atoms with Crippen LogP contribution in [-0.2, 0) is 6.42 Å². The molecule has 0 aromatic carbocycles. The fraction of sp³-hybridized carbons (Fsp3) is 0.200.